The molecule has 0 aliphatic heterocycles. The number of ether oxygens (including phenoxy) is 1. The van der Waals surface area contributed by atoms with Crippen LogP contribution in [-0.4, -0.2) is 39.3 Å². The number of aromatic carboxylic acids is 1. The molecular formula is C17H19N3O5S. The molecule has 8 nitrogen and oxygen atoms in total. The fourth-order valence-electron chi connectivity index (χ4n) is 3.06. The van der Waals surface area contributed by atoms with Gasteiger partial charge in [-0.1, -0.05) is 0 Å². The number of aromatic nitrogens is 2. The molecule has 2 aromatic heterocycles. The van der Waals surface area contributed by atoms with Crippen LogP contribution in [0, 0.1) is 0 Å². The monoisotopic (exact) mass is 377 g/mol. The lowest BCUT2D eigenvalue weighted by Gasteiger charge is -2.12. The molecule has 0 saturated heterocycles. The molecule has 0 atom stereocenters. The minimum Gasteiger partial charge on any atom is -0.476 e. The van der Waals surface area contributed by atoms with Crippen LogP contribution in [0.15, 0.2) is 6.20 Å². The fraction of sp³-hybridized carbons (Fsp3) is 0.412. The Balaban J connectivity index is 1.97. The molecule has 3 rings (SSSR count). The van der Waals surface area contributed by atoms with Crippen molar-refractivity contribution in [2.45, 2.75) is 32.6 Å². The lowest BCUT2D eigenvalue weighted by atomic mass is 9.95. The summed E-state index contributed by atoms with van der Waals surface area (Å²) in [5.41, 5.74) is 0.936. The van der Waals surface area contributed by atoms with Crippen LogP contribution in [0.1, 0.15) is 61.4 Å². The van der Waals surface area contributed by atoms with E-state index < -0.39 is 17.8 Å². The van der Waals surface area contributed by atoms with Crippen molar-refractivity contribution < 1.29 is 24.2 Å². The number of carbonyl (C=O) groups is 3. The zero-order valence-electron chi connectivity index (χ0n) is 14.5. The van der Waals surface area contributed by atoms with Crippen molar-refractivity contribution in [3.05, 3.63) is 33.5 Å². The Morgan fingerprint density at radius 3 is 2.77 bits per heavy atom. The van der Waals surface area contributed by atoms with Crippen LogP contribution in [0.4, 0.5) is 5.00 Å². The quantitative estimate of drug-likeness (QED) is 0.775. The molecule has 0 saturated carbocycles. The summed E-state index contributed by atoms with van der Waals surface area (Å²) in [4.78, 5) is 37.4. The Morgan fingerprint density at radius 2 is 2.08 bits per heavy atom. The molecule has 0 spiro atoms. The zero-order valence-corrected chi connectivity index (χ0v) is 15.3. The van der Waals surface area contributed by atoms with Crippen LogP contribution in [0.3, 0.4) is 0 Å². The largest absolute Gasteiger partial charge is 0.476 e. The van der Waals surface area contributed by atoms with Gasteiger partial charge in [0.15, 0.2) is 5.69 Å². The lowest BCUT2D eigenvalue weighted by molar-refractivity contribution is 0.0526. The van der Waals surface area contributed by atoms with E-state index >= 15 is 0 Å². The van der Waals surface area contributed by atoms with Crippen molar-refractivity contribution in [2.24, 2.45) is 7.05 Å². The van der Waals surface area contributed by atoms with Gasteiger partial charge in [0.2, 0.25) is 0 Å². The number of thiophene rings is 1. The molecule has 0 aromatic carbocycles. The van der Waals surface area contributed by atoms with Gasteiger partial charge in [-0.2, -0.15) is 5.10 Å². The predicted molar refractivity (Wildman–Crippen MR) is 95.0 cm³/mol. The normalized spacial score (nSPS) is 13.2. The molecule has 1 aliphatic rings. The first-order valence-corrected chi connectivity index (χ1v) is 9.14. The van der Waals surface area contributed by atoms with Gasteiger partial charge in [-0.15, -0.1) is 11.3 Å². The van der Waals surface area contributed by atoms with E-state index in [1.54, 1.807) is 6.92 Å². The molecule has 9 heteroatoms. The molecule has 138 valence electrons. The molecule has 1 aliphatic carbocycles. The Hall–Kier alpha value is -2.68. The van der Waals surface area contributed by atoms with E-state index in [1.807, 2.05) is 0 Å². The van der Waals surface area contributed by atoms with Gasteiger partial charge in [0.25, 0.3) is 5.91 Å². The third kappa shape index (κ3) is 3.34. The number of carboxylic acid groups (broad SMARTS) is 1. The second-order valence-electron chi connectivity index (χ2n) is 5.96. The molecule has 26 heavy (non-hydrogen) atoms. The second kappa shape index (κ2) is 7.28. The van der Waals surface area contributed by atoms with Gasteiger partial charge in [0, 0.05) is 18.1 Å². The van der Waals surface area contributed by atoms with E-state index in [2.05, 4.69) is 10.4 Å². The van der Waals surface area contributed by atoms with Crippen molar-refractivity contribution in [3.8, 4) is 0 Å². The van der Waals surface area contributed by atoms with Crippen molar-refractivity contribution >= 4 is 34.2 Å². The zero-order chi connectivity index (χ0) is 18.8. The number of hydrogen-bond acceptors (Lipinski definition) is 6. The summed E-state index contributed by atoms with van der Waals surface area (Å²) in [6.07, 6.45) is 4.99. The Bertz CT molecular complexity index is 883. The Labute approximate surface area is 153 Å². The third-order valence-electron chi connectivity index (χ3n) is 4.15. The number of nitrogens with zero attached hydrogens (tertiary/aromatic N) is 2. The number of aryl methyl sites for hydroxylation is 2. The highest BCUT2D eigenvalue weighted by atomic mass is 32.1. The molecule has 2 heterocycles. The number of rotatable bonds is 5. The van der Waals surface area contributed by atoms with Crippen molar-refractivity contribution in [1.29, 1.82) is 0 Å². The first kappa shape index (κ1) is 18.1. The number of amides is 1. The van der Waals surface area contributed by atoms with Gasteiger partial charge in [-0.05, 0) is 38.2 Å². The average Bonchev–Trinajstić information content (AvgIpc) is 3.15. The standard InChI is InChI=1S/C17H19N3O5S/c1-3-25-17(24)12-9-6-4-5-7-11(9)26-15(12)18-14(21)10-8-20(2)19-13(10)16(22)23/h8H,3-7H2,1-2H3,(H,18,21)(H,22,23). The molecule has 0 bridgehead atoms. The van der Waals surface area contributed by atoms with Gasteiger partial charge in [-0.3, -0.25) is 9.48 Å². The summed E-state index contributed by atoms with van der Waals surface area (Å²) in [5.74, 6) is -2.36. The maximum absolute atomic E-state index is 12.6. The fourth-order valence-corrected chi connectivity index (χ4v) is 4.33. The molecular weight excluding hydrogens is 358 g/mol. The topological polar surface area (TPSA) is 111 Å². The van der Waals surface area contributed by atoms with E-state index in [9.17, 15) is 19.5 Å². The van der Waals surface area contributed by atoms with Crippen LogP contribution in [0.2, 0.25) is 0 Å². The van der Waals surface area contributed by atoms with Gasteiger partial charge >= 0.3 is 11.9 Å². The highest BCUT2D eigenvalue weighted by molar-refractivity contribution is 7.17. The summed E-state index contributed by atoms with van der Waals surface area (Å²) < 4.78 is 6.42. The van der Waals surface area contributed by atoms with Gasteiger partial charge in [0.05, 0.1) is 17.7 Å². The molecule has 0 radical (unpaired) electrons. The summed E-state index contributed by atoms with van der Waals surface area (Å²) in [6.45, 7) is 1.96. The van der Waals surface area contributed by atoms with Crippen LogP contribution in [-0.2, 0) is 24.6 Å². The number of hydrogen-bond donors (Lipinski definition) is 2. The van der Waals surface area contributed by atoms with Crippen LogP contribution >= 0.6 is 11.3 Å². The Morgan fingerprint density at radius 1 is 1.35 bits per heavy atom. The van der Waals surface area contributed by atoms with Gasteiger partial charge in [0.1, 0.15) is 5.00 Å². The number of nitrogens with one attached hydrogen (secondary N) is 1. The van der Waals surface area contributed by atoms with Gasteiger partial charge in [-0.25, -0.2) is 9.59 Å². The molecule has 0 unspecified atom stereocenters. The van der Waals surface area contributed by atoms with E-state index in [0.29, 0.717) is 10.6 Å². The maximum Gasteiger partial charge on any atom is 0.357 e. The highest BCUT2D eigenvalue weighted by Crippen LogP contribution is 2.38. The number of carbonyl (C=O) groups excluding carboxylic acids is 2. The van der Waals surface area contributed by atoms with E-state index in [0.717, 1.165) is 36.1 Å². The number of fused-ring (bicyclic) bond motifs is 1. The average molecular weight is 377 g/mol. The minimum atomic E-state index is -1.29. The van der Waals surface area contributed by atoms with Crippen LogP contribution in [0.5, 0.6) is 0 Å². The first-order valence-electron chi connectivity index (χ1n) is 8.32. The molecule has 1 amide bonds. The SMILES string of the molecule is CCOC(=O)c1c(NC(=O)c2cn(C)nc2C(=O)O)sc2c1CCCC2. The van der Waals surface area contributed by atoms with Crippen LogP contribution < -0.4 is 5.32 Å². The molecule has 2 N–H and O–H groups in total. The van der Waals surface area contributed by atoms with E-state index in [1.165, 1.54) is 29.3 Å². The lowest BCUT2D eigenvalue weighted by Crippen LogP contribution is -2.17. The number of anilines is 1. The summed E-state index contributed by atoms with van der Waals surface area (Å²) >= 11 is 1.35. The summed E-state index contributed by atoms with van der Waals surface area (Å²) in [7, 11) is 1.54. The second-order valence-corrected chi connectivity index (χ2v) is 7.06. The third-order valence-corrected chi connectivity index (χ3v) is 5.36. The van der Waals surface area contributed by atoms with Crippen LogP contribution in [0.25, 0.3) is 0 Å². The smallest absolute Gasteiger partial charge is 0.357 e. The summed E-state index contributed by atoms with van der Waals surface area (Å²) in [5, 5.41) is 16.1. The molecule has 0 fully saturated rings. The highest BCUT2D eigenvalue weighted by Gasteiger charge is 2.29. The van der Waals surface area contributed by atoms with Crippen molar-refractivity contribution in [2.75, 3.05) is 11.9 Å². The number of esters is 1. The van der Waals surface area contributed by atoms with E-state index in [4.69, 9.17) is 4.74 Å². The first-order chi connectivity index (χ1) is 12.4. The Kier molecular flexibility index (Phi) is 5.08. The molecule has 2 aromatic rings. The summed E-state index contributed by atoms with van der Waals surface area (Å²) in [6, 6.07) is 0. The predicted octanol–water partition coefficient (Wildman–Crippen LogP) is 2.49. The van der Waals surface area contributed by atoms with E-state index in [-0.39, 0.29) is 17.9 Å². The minimum absolute atomic E-state index is 0.0545. The number of carboxylic acids is 1. The van der Waals surface area contributed by atoms with Crippen molar-refractivity contribution in [3.63, 3.8) is 0 Å². The maximum atomic E-state index is 12.6. The van der Waals surface area contributed by atoms with Gasteiger partial charge < -0.3 is 15.2 Å². The van der Waals surface area contributed by atoms with Crippen molar-refractivity contribution in [1.82, 2.24) is 9.78 Å².